The Morgan fingerprint density at radius 1 is 1.60 bits per heavy atom. The van der Waals surface area contributed by atoms with Gasteiger partial charge in [-0.3, -0.25) is 0 Å². The lowest BCUT2D eigenvalue weighted by atomic mass is 10.1. The minimum atomic E-state index is -0.532. The van der Waals surface area contributed by atoms with Crippen LogP contribution in [0.1, 0.15) is 25.0 Å². The molecule has 0 radical (unpaired) electrons. The Morgan fingerprint density at radius 2 is 2.35 bits per heavy atom. The second kappa shape index (κ2) is 6.45. The number of carbonyl (C=O) groups excluding carboxylic acids is 1. The van der Waals surface area contributed by atoms with E-state index in [1.165, 1.54) is 7.11 Å². The molecule has 1 aromatic rings. The molecule has 5 nitrogen and oxygen atoms in total. The van der Waals surface area contributed by atoms with Crippen molar-refractivity contribution in [1.82, 2.24) is 5.32 Å². The van der Waals surface area contributed by atoms with Crippen molar-refractivity contribution in [1.29, 1.82) is 0 Å². The summed E-state index contributed by atoms with van der Waals surface area (Å²) in [5.41, 5.74) is 1.90. The number of aliphatic hydroxyl groups is 1. The Hall–Kier alpha value is -1.27. The van der Waals surface area contributed by atoms with Gasteiger partial charge in [0, 0.05) is 28.8 Å². The molecule has 1 aliphatic rings. The van der Waals surface area contributed by atoms with Crippen LogP contribution in [-0.2, 0) is 4.74 Å². The maximum absolute atomic E-state index is 11.2. The molecule has 6 heteroatoms. The summed E-state index contributed by atoms with van der Waals surface area (Å²) in [6.45, 7) is 3.32. The molecule has 1 aliphatic heterocycles. The van der Waals surface area contributed by atoms with Crippen molar-refractivity contribution >= 4 is 27.7 Å². The van der Waals surface area contributed by atoms with Gasteiger partial charge < -0.3 is 20.1 Å². The molecule has 20 heavy (non-hydrogen) atoms. The number of alkyl carbamates (subject to hydrolysis) is 1. The lowest BCUT2D eigenvalue weighted by Gasteiger charge is -2.23. The Morgan fingerprint density at radius 3 is 3.00 bits per heavy atom. The average molecular weight is 343 g/mol. The molecule has 1 saturated heterocycles. The number of anilines is 1. The molecule has 1 heterocycles. The number of nitrogens with one attached hydrogen (secondary N) is 1. The second-order valence-corrected chi connectivity index (χ2v) is 5.86. The third kappa shape index (κ3) is 3.43. The van der Waals surface area contributed by atoms with Crippen LogP contribution in [-0.4, -0.2) is 37.4 Å². The molecule has 110 valence electrons. The summed E-state index contributed by atoms with van der Waals surface area (Å²) < 4.78 is 5.56. The van der Waals surface area contributed by atoms with Crippen molar-refractivity contribution < 1.29 is 14.6 Å². The number of hydrogen-bond acceptors (Lipinski definition) is 4. The molecule has 1 aromatic carbocycles. The highest BCUT2D eigenvalue weighted by molar-refractivity contribution is 9.10. The molecule has 1 amide bonds. The highest BCUT2D eigenvalue weighted by Gasteiger charge is 2.26. The fraction of sp³-hybridized carbons (Fsp3) is 0.500. The molecular formula is C14H19BrN2O3. The van der Waals surface area contributed by atoms with Gasteiger partial charge in [0.1, 0.15) is 0 Å². The number of ether oxygens (including phenoxy) is 1. The number of halogens is 1. The van der Waals surface area contributed by atoms with Gasteiger partial charge in [-0.15, -0.1) is 0 Å². The van der Waals surface area contributed by atoms with E-state index in [0.29, 0.717) is 0 Å². The van der Waals surface area contributed by atoms with E-state index in [1.54, 1.807) is 6.92 Å². The monoisotopic (exact) mass is 342 g/mol. The number of methoxy groups -OCH3 is 1. The number of hydrogen-bond donors (Lipinski definition) is 2. The molecule has 2 N–H and O–H groups in total. The van der Waals surface area contributed by atoms with Gasteiger partial charge in [-0.1, -0.05) is 15.9 Å². The predicted octanol–water partition coefficient (Wildman–Crippen LogP) is 2.44. The van der Waals surface area contributed by atoms with Crippen LogP contribution in [0.15, 0.2) is 22.7 Å². The highest BCUT2D eigenvalue weighted by Crippen LogP contribution is 2.31. The first-order valence-corrected chi connectivity index (χ1v) is 7.37. The largest absolute Gasteiger partial charge is 0.453 e. The summed E-state index contributed by atoms with van der Waals surface area (Å²) in [4.78, 5) is 13.4. The van der Waals surface area contributed by atoms with Crippen LogP contribution < -0.4 is 10.2 Å². The summed E-state index contributed by atoms with van der Waals surface area (Å²) in [5.74, 6) is 0. The zero-order valence-corrected chi connectivity index (χ0v) is 13.2. The van der Waals surface area contributed by atoms with E-state index in [-0.39, 0.29) is 6.04 Å². The zero-order valence-electron chi connectivity index (χ0n) is 11.6. The van der Waals surface area contributed by atoms with Gasteiger partial charge in [0.2, 0.25) is 0 Å². The van der Waals surface area contributed by atoms with Gasteiger partial charge in [0.15, 0.2) is 0 Å². The van der Waals surface area contributed by atoms with Crippen molar-refractivity contribution in [2.75, 3.05) is 25.1 Å². The van der Waals surface area contributed by atoms with Crippen LogP contribution in [0.3, 0.4) is 0 Å². The Balaban J connectivity index is 2.12. The van der Waals surface area contributed by atoms with Crippen LogP contribution >= 0.6 is 15.9 Å². The zero-order chi connectivity index (χ0) is 14.7. The number of rotatable bonds is 3. The molecule has 2 unspecified atom stereocenters. The Labute approximate surface area is 127 Å². The number of amides is 1. The molecule has 2 atom stereocenters. The normalized spacial score (nSPS) is 19.8. The van der Waals surface area contributed by atoms with Gasteiger partial charge in [0.05, 0.1) is 19.3 Å². The van der Waals surface area contributed by atoms with Crippen molar-refractivity contribution in [2.24, 2.45) is 0 Å². The third-order valence-electron chi connectivity index (χ3n) is 3.48. The topological polar surface area (TPSA) is 61.8 Å². The highest BCUT2D eigenvalue weighted by atomic mass is 79.9. The molecule has 0 spiro atoms. The Bertz CT molecular complexity index is 493. The summed E-state index contributed by atoms with van der Waals surface area (Å²) >= 11 is 3.42. The molecule has 1 fully saturated rings. The smallest absolute Gasteiger partial charge is 0.407 e. The number of aliphatic hydroxyl groups excluding tert-OH is 1. The maximum atomic E-state index is 11.2. The fourth-order valence-electron chi connectivity index (χ4n) is 2.47. The van der Waals surface area contributed by atoms with E-state index in [0.717, 1.165) is 35.2 Å². The second-order valence-electron chi connectivity index (χ2n) is 4.95. The van der Waals surface area contributed by atoms with Crippen LogP contribution in [0.5, 0.6) is 0 Å². The van der Waals surface area contributed by atoms with Crippen molar-refractivity contribution in [3.8, 4) is 0 Å². The van der Waals surface area contributed by atoms with Crippen LogP contribution in [0.2, 0.25) is 0 Å². The molecular weight excluding hydrogens is 324 g/mol. The number of nitrogens with zero attached hydrogens (tertiary/aromatic N) is 1. The standard InChI is InChI=1S/C14H19BrN2O3/c1-9(18)12-7-10(15)3-4-13(12)17-6-5-11(8-17)16-14(19)20-2/h3-4,7,9,11,18H,5-6,8H2,1-2H3,(H,16,19). The SMILES string of the molecule is COC(=O)NC1CCN(c2ccc(Br)cc2C(C)O)C1. The molecule has 2 rings (SSSR count). The quantitative estimate of drug-likeness (QED) is 0.885. The lowest BCUT2D eigenvalue weighted by molar-refractivity contribution is 0.167. The summed E-state index contributed by atoms with van der Waals surface area (Å²) in [6.07, 6.45) is -0.0664. The molecule has 0 bridgehead atoms. The third-order valence-corrected chi connectivity index (χ3v) is 3.97. The molecule has 0 aliphatic carbocycles. The summed E-state index contributed by atoms with van der Waals surface area (Å²) in [6, 6.07) is 5.96. The number of benzene rings is 1. The average Bonchev–Trinajstić information content (AvgIpc) is 2.86. The molecule has 0 aromatic heterocycles. The van der Waals surface area contributed by atoms with E-state index in [4.69, 9.17) is 0 Å². The van der Waals surface area contributed by atoms with E-state index in [9.17, 15) is 9.90 Å². The van der Waals surface area contributed by atoms with Gasteiger partial charge >= 0.3 is 6.09 Å². The van der Waals surface area contributed by atoms with E-state index in [1.807, 2.05) is 18.2 Å². The van der Waals surface area contributed by atoms with Crippen LogP contribution in [0.4, 0.5) is 10.5 Å². The van der Waals surface area contributed by atoms with Gasteiger partial charge in [-0.25, -0.2) is 4.79 Å². The first-order valence-electron chi connectivity index (χ1n) is 6.58. The van der Waals surface area contributed by atoms with Crippen LogP contribution in [0, 0.1) is 0 Å². The van der Waals surface area contributed by atoms with E-state index < -0.39 is 12.2 Å². The fourth-order valence-corrected chi connectivity index (χ4v) is 2.85. The molecule has 0 saturated carbocycles. The summed E-state index contributed by atoms with van der Waals surface area (Å²) in [7, 11) is 1.36. The summed E-state index contributed by atoms with van der Waals surface area (Å²) in [5, 5.41) is 12.7. The van der Waals surface area contributed by atoms with E-state index in [2.05, 4.69) is 30.9 Å². The van der Waals surface area contributed by atoms with Gasteiger partial charge in [0.25, 0.3) is 0 Å². The van der Waals surface area contributed by atoms with Crippen molar-refractivity contribution in [3.63, 3.8) is 0 Å². The van der Waals surface area contributed by atoms with Crippen molar-refractivity contribution in [3.05, 3.63) is 28.2 Å². The first-order chi connectivity index (χ1) is 9.51. The maximum Gasteiger partial charge on any atom is 0.407 e. The predicted molar refractivity (Wildman–Crippen MR) is 80.9 cm³/mol. The minimum absolute atomic E-state index is 0.0768. The van der Waals surface area contributed by atoms with Gasteiger partial charge in [-0.05, 0) is 31.5 Å². The number of carbonyl (C=O) groups is 1. The van der Waals surface area contributed by atoms with Crippen LogP contribution in [0.25, 0.3) is 0 Å². The minimum Gasteiger partial charge on any atom is -0.453 e. The first kappa shape index (κ1) is 15.1. The van der Waals surface area contributed by atoms with E-state index >= 15 is 0 Å². The lowest BCUT2D eigenvalue weighted by Crippen LogP contribution is -2.37. The Kier molecular flexibility index (Phi) is 4.88. The van der Waals surface area contributed by atoms with Crippen molar-refractivity contribution in [2.45, 2.75) is 25.5 Å². The van der Waals surface area contributed by atoms with Gasteiger partial charge in [-0.2, -0.15) is 0 Å².